The fourth-order valence-corrected chi connectivity index (χ4v) is 9.52. The van der Waals surface area contributed by atoms with E-state index in [4.69, 9.17) is 4.74 Å². The number of aliphatic hydroxyl groups is 2. The first-order valence-electron chi connectivity index (χ1n) is 14.3. The number of carbonyl (C=O) groups is 1. The molecule has 0 aliphatic heterocycles. The van der Waals surface area contributed by atoms with Crippen molar-refractivity contribution >= 4 is 5.97 Å². The van der Waals surface area contributed by atoms with E-state index in [0.717, 1.165) is 37.7 Å². The summed E-state index contributed by atoms with van der Waals surface area (Å²) in [6.45, 7) is 7.49. The molecule has 0 heterocycles. The minimum Gasteiger partial charge on any atom is -0.461 e. The van der Waals surface area contributed by atoms with E-state index in [1.807, 2.05) is 30.3 Å². The number of rotatable bonds is 6. The van der Waals surface area contributed by atoms with Gasteiger partial charge >= 0.3 is 5.97 Å². The van der Waals surface area contributed by atoms with Gasteiger partial charge in [-0.25, -0.2) is 0 Å². The van der Waals surface area contributed by atoms with Gasteiger partial charge in [0, 0.05) is 6.42 Å². The highest BCUT2D eigenvalue weighted by molar-refractivity contribution is 5.69. The van der Waals surface area contributed by atoms with Crippen molar-refractivity contribution in [1.82, 2.24) is 0 Å². The molecule has 4 aliphatic carbocycles. The Hall–Kier alpha value is -1.39. The third kappa shape index (κ3) is 4.48. The number of benzene rings is 1. The largest absolute Gasteiger partial charge is 0.461 e. The maximum absolute atomic E-state index is 12.5. The van der Waals surface area contributed by atoms with E-state index in [2.05, 4.69) is 20.8 Å². The summed E-state index contributed by atoms with van der Waals surface area (Å²) in [4.78, 5) is 12.5. The highest BCUT2D eigenvalue weighted by Gasteiger charge is 2.63. The molecule has 1 aromatic rings. The van der Waals surface area contributed by atoms with Crippen LogP contribution in [-0.4, -0.2) is 28.4 Å². The van der Waals surface area contributed by atoms with Crippen LogP contribution in [0.3, 0.4) is 0 Å². The lowest BCUT2D eigenvalue weighted by atomic mass is 9.43. The molecule has 194 valence electrons. The Labute approximate surface area is 211 Å². The molecule has 0 aromatic heterocycles. The van der Waals surface area contributed by atoms with E-state index in [9.17, 15) is 15.0 Å². The van der Waals surface area contributed by atoms with Crippen LogP contribution in [0.15, 0.2) is 30.3 Å². The van der Waals surface area contributed by atoms with E-state index in [-0.39, 0.29) is 29.0 Å². The molecule has 4 fully saturated rings. The number of hydrogen-bond acceptors (Lipinski definition) is 4. The molecule has 0 amide bonds. The Kier molecular flexibility index (Phi) is 7.09. The first kappa shape index (κ1) is 25.3. The van der Waals surface area contributed by atoms with Crippen LogP contribution < -0.4 is 0 Å². The van der Waals surface area contributed by atoms with Gasteiger partial charge in [0.25, 0.3) is 0 Å². The molecule has 3 unspecified atom stereocenters. The maximum atomic E-state index is 12.5. The van der Waals surface area contributed by atoms with Crippen molar-refractivity contribution in [1.29, 1.82) is 0 Å². The predicted molar refractivity (Wildman–Crippen MR) is 137 cm³/mol. The minimum absolute atomic E-state index is 0.0497. The van der Waals surface area contributed by atoms with Crippen LogP contribution in [0.4, 0.5) is 0 Å². The third-order valence-electron chi connectivity index (χ3n) is 11.5. The average Bonchev–Trinajstić information content (AvgIpc) is 3.22. The molecule has 4 saturated carbocycles. The number of hydrogen-bond donors (Lipinski definition) is 2. The summed E-state index contributed by atoms with van der Waals surface area (Å²) in [5.74, 6) is 3.23. The molecule has 2 N–H and O–H groups in total. The summed E-state index contributed by atoms with van der Waals surface area (Å²) in [6, 6.07) is 9.86. The van der Waals surface area contributed by atoms with Crippen LogP contribution in [0.5, 0.6) is 0 Å². The minimum atomic E-state index is -0.267. The first-order valence-corrected chi connectivity index (χ1v) is 14.3. The van der Waals surface area contributed by atoms with Crippen molar-refractivity contribution < 1.29 is 19.7 Å². The maximum Gasteiger partial charge on any atom is 0.306 e. The Morgan fingerprint density at radius 1 is 1.03 bits per heavy atom. The van der Waals surface area contributed by atoms with Gasteiger partial charge in [0.2, 0.25) is 0 Å². The van der Waals surface area contributed by atoms with Crippen molar-refractivity contribution in [2.24, 2.45) is 46.3 Å². The molecule has 0 saturated heterocycles. The van der Waals surface area contributed by atoms with Gasteiger partial charge in [-0.05, 0) is 110 Å². The molecular weight excluding hydrogens is 436 g/mol. The van der Waals surface area contributed by atoms with Crippen LogP contribution in [0, 0.1) is 46.3 Å². The lowest BCUT2D eigenvalue weighted by Crippen LogP contribution is -2.58. The number of ether oxygens (including phenoxy) is 1. The van der Waals surface area contributed by atoms with Gasteiger partial charge in [-0.3, -0.25) is 4.79 Å². The summed E-state index contributed by atoms with van der Waals surface area (Å²) >= 11 is 0. The molecule has 4 nitrogen and oxygen atoms in total. The molecule has 0 spiro atoms. The van der Waals surface area contributed by atoms with E-state index < -0.39 is 0 Å². The molecule has 0 radical (unpaired) electrons. The smallest absolute Gasteiger partial charge is 0.306 e. The summed E-state index contributed by atoms with van der Waals surface area (Å²) in [5, 5.41) is 22.0. The van der Waals surface area contributed by atoms with Crippen molar-refractivity contribution in [2.45, 2.75) is 104 Å². The second kappa shape index (κ2) is 9.82. The fourth-order valence-electron chi connectivity index (χ4n) is 9.52. The predicted octanol–water partition coefficient (Wildman–Crippen LogP) is 6.14. The monoisotopic (exact) mass is 482 g/mol. The molecule has 5 rings (SSSR count). The van der Waals surface area contributed by atoms with Crippen molar-refractivity contribution in [3.05, 3.63) is 35.9 Å². The molecule has 4 heteroatoms. The second-order valence-corrected chi connectivity index (χ2v) is 13.0. The number of fused-ring (bicyclic) bond motifs is 5. The summed E-state index contributed by atoms with van der Waals surface area (Å²) in [6.07, 6.45) is 9.69. The van der Waals surface area contributed by atoms with Crippen molar-refractivity contribution in [3.63, 3.8) is 0 Å². The molecule has 1 aromatic carbocycles. The number of esters is 1. The lowest BCUT2D eigenvalue weighted by Gasteiger charge is -2.62. The summed E-state index contributed by atoms with van der Waals surface area (Å²) < 4.78 is 5.53. The molecule has 0 bridgehead atoms. The van der Waals surface area contributed by atoms with Gasteiger partial charge in [0.15, 0.2) is 0 Å². The fraction of sp³-hybridized carbons (Fsp3) is 0.774. The van der Waals surface area contributed by atoms with E-state index >= 15 is 0 Å². The SMILES string of the molecule is C[C@H](CCC(=O)OCc1ccccc1)[C@H]1CCC2C3CC[C@@H]4C[C@H](O)CC[C@]4(C)C3C[C@H](O)[C@@]21C. The van der Waals surface area contributed by atoms with Gasteiger partial charge < -0.3 is 14.9 Å². The van der Waals surface area contributed by atoms with Gasteiger partial charge in [0.05, 0.1) is 12.2 Å². The molecule has 4 aliphatic rings. The Morgan fingerprint density at radius 2 is 1.80 bits per heavy atom. The normalized spacial score (nSPS) is 43.5. The second-order valence-electron chi connectivity index (χ2n) is 13.0. The van der Waals surface area contributed by atoms with E-state index in [1.54, 1.807) is 0 Å². The Morgan fingerprint density at radius 3 is 2.57 bits per heavy atom. The first-order chi connectivity index (χ1) is 16.7. The highest BCUT2D eigenvalue weighted by Crippen LogP contribution is 2.68. The Balaban J connectivity index is 1.22. The van der Waals surface area contributed by atoms with Crippen molar-refractivity contribution in [2.75, 3.05) is 0 Å². The van der Waals surface area contributed by atoms with Crippen LogP contribution in [-0.2, 0) is 16.1 Å². The van der Waals surface area contributed by atoms with Crippen LogP contribution in [0.25, 0.3) is 0 Å². The van der Waals surface area contributed by atoms with E-state index in [0.29, 0.717) is 48.5 Å². The topological polar surface area (TPSA) is 66.8 Å². The highest BCUT2D eigenvalue weighted by atomic mass is 16.5. The van der Waals surface area contributed by atoms with Crippen LogP contribution in [0.2, 0.25) is 0 Å². The van der Waals surface area contributed by atoms with Gasteiger partial charge in [-0.15, -0.1) is 0 Å². The zero-order chi connectivity index (χ0) is 24.8. The van der Waals surface area contributed by atoms with Gasteiger partial charge in [-0.1, -0.05) is 51.1 Å². The number of carbonyl (C=O) groups excluding carboxylic acids is 1. The van der Waals surface area contributed by atoms with Crippen molar-refractivity contribution in [3.8, 4) is 0 Å². The average molecular weight is 483 g/mol. The standard InChI is InChI=1S/C31H46O4/c1-20(9-14-29(34)35-19-21-7-5-4-6-8-21)25-12-13-26-24-11-10-22-17-23(32)15-16-30(22,2)27(24)18-28(33)31(25,26)3/h4-8,20,22-28,32-33H,9-19H2,1-3H3/t20-,22-,23-,24?,25-,26?,27?,28+,30+,31-/m1/s1. The molecule has 35 heavy (non-hydrogen) atoms. The lowest BCUT2D eigenvalue weighted by molar-refractivity contribution is -0.175. The quantitative estimate of drug-likeness (QED) is 0.478. The molecule has 10 atom stereocenters. The van der Waals surface area contributed by atoms with Crippen LogP contribution in [0.1, 0.15) is 90.5 Å². The van der Waals surface area contributed by atoms with Gasteiger partial charge in [0.1, 0.15) is 6.61 Å². The third-order valence-corrected chi connectivity index (χ3v) is 11.5. The van der Waals surface area contributed by atoms with Crippen LogP contribution >= 0.6 is 0 Å². The summed E-state index contributed by atoms with van der Waals surface area (Å²) in [7, 11) is 0. The zero-order valence-electron chi connectivity index (χ0n) is 22.0. The van der Waals surface area contributed by atoms with Gasteiger partial charge in [-0.2, -0.15) is 0 Å². The zero-order valence-corrected chi connectivity index (χ0v) is 22.0. The molecular formula is C31H46O4. The Bertz CT molecular complexity index is 885. The summed E-state index contributed by atoms with van der Waals surface area (Å²) in [5.41, 5.74) is 1.25. The number of aliphatic hydroxyl groups excluding tert-OH is 2. The van der Waals surface area contributed by atoms with E-state index in [1.165, 1.54) is 25.7 Å².